The molecule has 0 heterocycles. The Kier molecular flexibility index (Phi) is 4.94. The Hall–Kier alpha value is -1.09. The second-order valence-corrected chi connectivity index (χ2v) is 5.02. The summed E-state index contributed by atoms with van der Waals surface area (Å²) < 4.78 is 13.0. The van der Waals surface area contributed by atoms with Crippen LogP contribution in [0.4, 0.5) is 4.39 Å². The third-order valence-electron chi connectivity index (χ3n) is 2.57. The number of rotatable bonds is 5. The zero-order chi connectivity index (χ0) is 13.0. The maximum Gasteiger partial charge on any atom is 0.306 e. The SMILES string of the molecule is CC(C)CC(Cc1ccc(F)c(Cl)c1)C(=O)O. The van der Waals surface area contributed by atoms with E-state index in [-0.39, 0.29) is 5.02 Å². The molecule has 1 atom stereocenters. The number of hydrogen-bond acceptors (Lipinski definition) is 1. The Labute approximate surface area is 105 Å². The van der Waals surface area contributed by atoms with Crippen molar-refractivity contribution in [2.24, 2.45) is 11.8 Å². The van der Waals surface area contributed by atoms with Crippen LogP contribution in [0, 0.1) is 17.7 Å². The van der Waals surface area contributed by atoms with Crippen LogP contribution in [0.3, 0.4) is 0 Å². The molecule has 1 unspecified atom stereocenters. The molecule has 0 aliphatic rings. The lowest BCUT2D eigenvalue weighted by Gasteiger charge is -2.14. The first-order valence-electron chi connectivity index (χ1n) is 5.57. The van der Waals surface area contributed by atoms with Gasteiger partial charge in [0, 0.05) is 0 Å². The van der Waals surface area contributed by atoms with Crippen LogP contribution in [0.25, 0.3) is 0 Å². The van der Waals surface area contributed by atoms with Gasteiger partial charge < -0.3 is 5.11 Å². The van der Waals surface area contributed by atoms with Gasteiger partial charge in [-0.25, -0.2) is 4.39 Å². The lowest BCUT2D eigenvalue weighted by Crippen LogP contribution is -2.18. The van der Waals surface area contributed by atoms with Gasteiger partial charge in [0.05, 0.1) is 10.9 Å². The van der Waals surface area contributed by atoms with Crippen molar-refractivity contribution in [1.82, 2.24) is 0 Å². The van der Waals surface area contributed by atoms with Gasteiger partial charge in [0.1, 0.15) is 5.82 Å². The molecule has 0 aliphatic carbocycles. The fraction of sp³-hybridized carbons (Fsp3) is 0.462. The predicted octanol–water partition coefficient (Wildman–Crippen LogP) is 3.77. The van der Waals surface area contributed by atoms with E-state index in [1.54, 1.807) is 6.07 Å². The fourth-order valence-electron chi connectivity index (χ4n) is 1.79. The number of carboxylic acids is 1. The third-order valence-corrected chi connectivity index (χ3v) is 2.86. The Balaban J connectivity index is 2.78. The predicted molar refractivity (Wildman–Crippen MR) is 65.7 cm³/mol. The van der Waals surface area contributed by atoms with Crippen molar-refractivity contribution < 1.29 is 14.3 Å². The van der Waals surface area contributed by atoms with Gasteiger partial charge in [-0.05, 0) is 36.5 Å². The van der Waals surface area contributed by atoms with E-state index in [4.69, 9.17) is 16.7 Å². The van der Waals surface area contributed by atoms with Gasteiger partial charge >= 0.3 is 5.97 Å². The van der Waals surface area contributed by atoms with Crippen LogP contribution in [0.2, 0.25) is 5.02 Å². The van der Waals surface area contributed by atoms with Gasteiger partial charge in [-0.2, -0.15) is 0 Å². The molecule has 0 aliphatic heterocycles. The van der Waals surface area contributed by atoms with Crippen molar-refractivity contribution in [3.05, 3.63) is 34.6 Å². The molecule has 17 heavy (non-hydrogen) atoms. The van der Waals surface area contributed by atoms with Crippen molar-refractivity contribution in [2.75, 3.05) is 0 Å². The summed E-state index contributed by atoms with van der Waals surface area (Å²) in [6.07, 6.45) is 0.984. The number of hydrogen-bond donors (Lipinski definition) is 1. The summed E-state index contributed by atoms with van der Waals surface area (Å²) >= 11 is 5.66. The summed E-state index contributed by atoms with van der Waals surface area (Å²) in [4.78, 5) is 11.1. The summed E-state index contributed by atoms with van der Waals surface area (Å²) in [6.45, 7) is 3.96. The molecule has 1 rings (SSSR count). The van der Waals surface area contributed by atoms with Crippen LogP contribution >= 0.6 is 11.6 Å². The molecule has 0 saturated heterocycles. The molecule has 0 bridgehead atoms. The number of carboxylic acid groups (broad SMARTS) is 1. The van der Waals surface area contributed by atoms with Crippen LogP contribution in [0.15, 0.2) is 18.2 Å². The first-order valence-corrected chi connectivity index (χ1v) is 5.94. The number of aliphatic carboxylic acids is 1. The van der Waals surface area contributed by atoms with Gasteiger partial charge in [0.25, 0.3) is 0 Å². The molecule has 0 amide bonds. The summed E-state index contributed by atoms with van der Waals surface area (Å²) in [5.41, 5.74) is 0.754. The number of carbonyl (C=O) groups is 1. The molecule has 1 N–H and O–H groups in total. The van der Waals surface area contributed by atoms with E-state index in [9.17, 15) is 9.18 Å². The monoisotopic (exact) mass is 258 g/mol. The average molecular weight is 259 g/mol. The molecule has 94 valence electrons. The average Bonchev–Trinajstić information content (AvgIpc) is 2.21. The summed E-state index contributed by atoms with van der Waals surface area (Å²) in [5.74, 6) is -1.44. The standard InChI is InChI=1S/C13H16ClFO2/c1-8(2)5-10(13(16)17)6-9-3-4-12(15)11(14)7-9/h3-4,7-8,10H,5-6H2,1-2H3,(H,16,17). The van der Waals surface area contributed by atoms with E-state index >= 15 is 0 Å². The largest absolute Gasteiger partial charge is 0.481 e. The maximum absolute atomic E-state index is 13.0. The molecule has 0 aromatic heterocycles. The smallest absolute Gasteiger partial charge is 0.306 e. The Bertz CT molecular complexity index is 404. The lowest BCUT2D eigenvalue weighted by atomic mass is 9.91. The van der Waals surface area contributed by atoms with Crippen molar-refractivity contribution in [1.29, 1.82) is 0 Å². The maximum atomic E-state index is 13.0. The third kappa shape index (κ3) is 4.35. The summed E-state index contributed by atoms with van der Waals surface area (Å²) in [5, 5.41) is 9.14. The topological polar surface area (TPSA) is 37.3 Å². The first-order chi connectivity index (χ1) is 7.90. The van der Waals surface area contributed by atoms with E-state index in [2.05, 4.69) is 0 Å². The van der Waals surface area contributed by atoms with Crippen molar-refractivity contribution >= 4 is 17.6 Å². The van der Waals surface area contributed by atoms with Gasteiger partial charge in [-0.3, -0.25) is 4.79 Å². The fourth-order valence-corrected chi connectivity index (χ4v) is 1.99. The normalized spacial score (nSPS) is 12.8. The Morgan fingerprint density at radius 3 is 2.59 bits per heavy atom. The molecule has 4 heteroatoms. The number of benzene rings is 1. The zero-order valence-corrected chi connectivity index (χ0v) is 10.7. The molecule has 0 spiro atoms. The van der Waals surface area contributed by atoms with Crippen LogP contribution in [-0.2, 0) is 11.2 Å². The van der Waals surface area contributed by atoms with Gasteiger partial charge in [0.15, 0.2) is 0 Å². The highest BCUT2D eigenvalue weighted by atomic mass is 35.5. The zero-order valence-electron chi connectivity index (χ0n) is 9.91. The van der Waals surface area contributed by atoms with Gasteiger partial charge in [-0.15, -0.1) is 0 Å². The Morgan fingerprint density at radius 1 is 1.47 bits per heavy atom. The van der Waals surface area contributed by atoms with E-state index < -0.39 is 17.7 Å². The van der Waals surface area contributed by atoms with Crippen LogP contribution in [0.1, 0.15) is 25.8 Å². The molecule has 2 nitrogen and oxygen atoms in total. The first kappa shape index (κ1) is 14.0. The van der Waals surface area contributed by atoms with Crippen LogP contribution < -0.4 is 0 Å². The van der Waals surface area contributed by atoms with Crippen LogP contribution in [-0.4, -0.2) is 11.1 Å². The molecular formula is C13H16ClFO2. The molecule has 1 aromatic rings. The van der Waals surface area contributed by atoms with E-state index in [1.165, 1.54) is 12.1 Å². The van der Waals surface area contributed by atoms with Gasteiger partial charge in [0.2, 0.25) is 0 Å². The second kappa shape index (κ2) is 6.01. The van der Waals surface area contributed by atoms with Crippen molar-refractivity contribution in [3.8, 4) is 0 Å². The summed E-state index contributed by atoms with van der Waals surface area (Å²) in [6, 6.07) is 4.34. The second-order valence-electron chi connectivity index (χ2n) is 4.62. The van der Waals surface area contributed by atoms with Gasteiger partial charge in [-0.1, -0.05) is 31.5 Å². The molecular weight excluding hydrogens is 243 g/mol. The molecule has 0 radical (unpaired) electrons. The molecule has 0 saturated carbocycles. The minimum atomic E-state index is -0.820. The van der Waals surface area contributed by atoms with Crippen LogP contribution in [0.5, 0.6) is 0 Å². The summed E-state index contributed by atoms with van der Waals surface area (Å²) in [7, 11) is 0. The number of halogens is 2. The van der Waals surface area contributed by atoms with E-state index in [1.807, 2.05) is 13.8 Å². The van der Waals surface area contributed by atoms with E-state index in [0.717, 1.165) is 5.56 Å². The molecule has 0 fully saturated rings. The van der Waals surface area contributed by atoms with Crippen molar-refractivity contribution in [3.63, 3.8) is 0 Å². The highest BCUT2D eigenvalue weighted by Crippen LogP contribution is 2.21. The molecule has 1 aromatic carbocycles. The quantitative estimate of drug-likeness (QED) is 0.873. The Morgan fingerprint density at radius 2 is 2.12 bits per heavy atom. The minimum absolute atomic E-state index is 0.0381. The minimum Gasteiger partial charge on any atom is -0.481 e. The highest BCUT2D eigenvalue weighted by molar-refractivity contribution is 6.30. The lowest BCUT2D eigenvalue weighted by molar-refractivity contribution is -0.142. The highest BCUT2D eigenvalue weighted by Gasteiger charge is 2.19. The van der Waals surface area contributed by atoms with Crippen molar-refractivity contribution in [2.45, 2.75) is 26.7 Å². The van der Waals surface area contributed by atoms with E-state index in [0.29, 0.717) is 18.8 Å².